The molecular weight excluding hydrogens is 609 g/mol. The van der Waals surface area contributed by atoms with Crippen LogP contribution < -0.4 is 4.90 Å². The van der Waals surface area contributed by atoms with Gasteiger partial charge in [-0.25, -0.2) is 4.98 Å². The van der Waals surface area contributed by atoms with Gasteiger partial charge in [0.05, 0.1) is 5.39 Å². The summed E-state index contributed by atoms with van der Waals surface area (Å²) in [6.45, 7) is 0. The number of furan rings is 1. The number of rotatable bonds is 5. The van der Waals surface area contributed by atoms with E-state index in [-0.39, 0.29) is 0 Å². The highest BCUT2D eigenvalue weighted by atomic mass is 32.1. The van der Waals surface area contributed by atoms with Gasteiger partial charge in [0, 0.05) is 48.2 Å². The third-order valence-electron chi connectivity index (χ3n) is 9.10. The molecule has 0 unspecified atom stereocenters. The van der Waals surface area contributed by atoms with Crippen molar-refractivity contribution in [1.29, 1.82) is 0 Å². The fourth-order valence-corrected chi connectivity index (χ4v) is 7.95. The Morgan fingerprint density at radius 2 is 1.15 bits per heavy atom. The molecule has 48 heavy (non-hydrogen) atoms. The van der Waals surface area contributed by atoms with Gasteiger partial charge in [-0.2, -0.15) is 0 Å². The Bertz CT molecular complexity index is 2780. The first-order valence-corrected chi connectivity index (χ1v) is 16.8. The first kappa shape index (κ1) is 27.0. The molecule has 0 saturated carbocycles. The number of benzene rings is 7. The highest BCUT2D eigenvalue weighted by Gasteiger charge is 2.18. The number of anilines is 3. The van der Waals surface area contributed by atoms with Gasteiger partial charge in [-0.3, -0.25) is 0 Å². The molecule has 0 bridgehead atoms. The van der Waals surface area contributed by atoms with Gasteiger partial charge in [-0.05, 0) is 90.0 Å². The maximum absolute atomic E-state index is 6.37. The lowest BCUT2D eigenvalue weighted by atomic mass is 10.0. The molecule has 3 heterocycles. The largest absolute Gasteiger partial charge is 0.456 e. The van der Waals surface area contributed by atoms with E-state index in [0.717, 1.165) is 66.8 Å². The van der Waals surface area contributed by atoms with Crippen molar-refractivity contribution >= 4 is 81.6 Å². The minimum Gasteiger partial charge on any atom is -0.456 e. The van der Waals surface area contributed by atoms with Crippen LogP contribution in [0.25, 0.3) is 75.8 Å². The summed E-state index contributed by atoms with van der Waals surface area (Å²) in [5, 5.41) is 4.56. The van der Waals surface area contributed by atoms with Crippen LogP contribution in [0, 0.1) is 0 Å². The first-order valence-electron chi connectivity index (χ1n) is 15.9. The van der Waals surface area contributed by atoms with E-state index >= 15 is 0 Å². The lowest BCUT2D eigenvalue weighted by Gasteiger charge is -2.25. The topological polar surface area (TPSA) is 42.4 Å². The Kier molecular flexibility index (Phi) is 6.01. The van der Waals surface area contributed by atoms with Crippen molar-refractivity contribution in [3.63, 3.8) is 0 Å². The van der Waals surface area contributed by atoms with Crippen LogP contribution in [0.15, 0.2) is 167 Å². The van der Waals surface area contributed by atoms with E-state index in [4.69, 9.17) is 13.8 Å². The Labute approximate surface area is 279 Å². The molecule has 0 N–H and O–H groups in total. The predicted octanol–water partition coefficient (Wildman–Crippen LogP) is 12.9. The average molecular weight is 635 g/mol. The van der Waals surface area contributed by atoms with E-state index in [9.17, 15) is 0 Å². The average Bonchev–Trinajstić information content (AvgIpc) is 3.85. The molecule has 7 aromatic carbocycles. The highest BCUT2D eigenvalue weighted by molar-refractivity contribution is 7.25. The van der Waals surface area contributed by atoms with Gasteiger partial charge in [-0.1, -0.05) is 78.9 Å². The van der Waals surface area contributed by atoms with Crippen LogP contribution in [0.2, 0.25) is 0 Å². The minimum absolute atomic E-state index is 0.605. The summed E-state index contributed by atoms with van der Waals surface area (Å²) in [4.78, 5) is 7.12. The van der Waals surface area contributed by atoms with Gasteiger partial charge >= 0.3 is 0 Å². The smallest absolute Gasteiger partial charge is 0.227 e. The number of aromatic nitrogens is 1. The second-order valence-corrected chi connectivity index (χ2v) is 13.1. The number of nitrogens with zero attached hydrogens (tertiary/aromatic N) is 2. The molecule has 4 nitrogen and oxygen atoms in total. The molecule has 0 aliphatic carbocycles. The molecule has 0 aliphatic rings. The number of hydrogen-bond donors (Lipinski definition) is 0. The van der Waals surface area contributed by atoms with Crippen LogP contribution in [-0.4, -0.2) is 4.98 Å². The molecule has 5 heteroatoms. The Balaban J connectivity index is 1.06. The predicted molar refractivity (Wildman–Crippen MR) is 200 cm³/mol. The van der Waals surface area contributed by atoms with Crippen LogP contribution >= 0.6 is 11.3 Å². The molecule has 0 saturated heterocycles. The molecule has 0 amide bonds. The molecule has 10 aromatic rings. The standard InChI is InChI=1S/C43H26N2O2S/c1-3-9-28(10-4-1)43-44-36-22-24-38-41(42(36)47-43)35-25-29(17-23-37(35)46-38)27-15-18-31(19-16-27)45(30-11-5-2-6-12-30)32-20-21-34-33-13-7-8-14-39(33)48-40(34)26-32/h1-26H. The summed E-state index contributed by atoms with van der Waals surface area (Å²) < 4.78 is 15.2. The molecule has 226 valence electrons. The summed E-state index contributed by atoms with van der Waals surface area (Å²) in [6, 6.07) is 55.1. The lowest BCUT2D eigenvalue weighted by Crippen LogP contribution is -2.09. The molecule has 0 radical (unpaired) electrons. The first-order chi connectivity index (χ1) is 23.8. The van der Waals surface area contributed by atoms with Crippen molar-refractivity contribution in [2.45, 2.75) is 0 Å². The van der Waals surface area contributed by atoms with Crippen LogP contribution in [0.3, 0.4) is 0 Å². The van der Waals surface area contributed by atoms with E-state index in [0.29, 0.717) is 5.89 Å². The van der Waals surface area contributed by atoms with E-state index in [2.05, 4.69) is 120 Å². The fourth-order valence-electron chi connectivity index (χ4n) is 6.81. The van der Waals surface area contributed by atoms with E-state index in [1.165, 1.54) is 20.2 Å². The molecule has 3 aromatic heterocycles. The Morgan fingerprint density at radius 3 is 2.00 bits per heavy atom. The number of fused-ring (bicyclic) bond motifs is 8. The summed E-state index contributed by atoms with van der Waals surface area (Å²) >= 11 is 1.84. The van der Waals surface area contributed by atoms with Crippen molar-refractivity contribution in [3.8, 4) is 22.6 Å². The van der Waals surface area contributed by atoms with E-state index < -0.39 is 0 Å². The second kappa shape index (κ2) is 10.7. The van der Waals surface area contributed by atoms with Gasteiger partial charge in [0.15, 0.2) is 5.58 Å². The molecule has 10 rings (SSSR count). The number of thiophene rings is 1. The number of para-hydroxylation sites is 1. The zero-order valence-electron chi connectivity index (χ0n) is 25.6. The van der Waals surface area contributed by atoms with Crippen molar-refractivity contribution in [2.75, 3.05) is 4.90 Å². The maximum Gasteiger partial charge on any atom is 0.227 e. The Hall–Kier alpha value is -6.17. The van der Waals surface area contributed by atoms with Crippen LogP contribution in [0.4, 0.5) is 17.1 Å². The van der Waals surface area contributed by atoms with Crippen molar-refractivity contribution in [2.24, 2.45) is 0 Å². The number of oxazole rings is 1. The minimum atomic E-state index is 0.605. The zero-order valence-corrected chi connectivity index (χ0v) is 26.4. The molecule has 0 spiro atoms. The zero-order chi connectivity index (χ0) is 31.6. The second-order valence-electron chi connectivity index (χ2n) is 12.0. The molecule has 0 fully saturated rings. The fraction of sp³-hybridized carbons (Fsp3) is 0. The van der Waals surface area contributed by atoms with Crippen LogP contribution in [0.5, 0.6) is 0 Å². The van der Waals surface area contributed by atoms with Gasteiger partial charge in [-0.15, -0.1) is 11.3 Å². The van der Waals surface area contributed by atoms with E-state index in [1.807, 2.05) is 53.8 Å². The van der Waals surface area contributed by atoms with Gasteiger partial charge in [0.25, 0.3) is 0 Å². The van der Waals surface area contributed by atoms with Crippen molar-refractivity contribution < 1.29 is 8.83 Å². The van der Waals surface area contributed by atoms with Crippen molar-refractivity contribution in [3.05, 3.63) is 158 Å². The summed E-state index contributed by atoms with van der Waals surface area (Å²) in [7, 11) is 0. The van der Waals surface area contributed by atoms with Gasteiger partial charge in [0.1, 0.15) is 16.7 Å². The van der Waals surface area contributed by atoms with E-state index in [1.54, 1.807) is 0 Å². The summed E-state index contributed by atoms with van der Waals surface area (Å²) in [6.07, 6.45) is 0. The third-order valence-corrected chi connectivity index (χ3v) is 10.2. The number of hydrogen-bond acceptors (Lipinski definition) is 5. The van der Waals surface area contributed by atoms with Crippen LogP contribution in [-0.2, 0) is 0 Å². The highest BCUT2D eigenvalue weighted by Crippen LogP contribution is 2.42. The maximum atomic E-state index is 6.37. The van der Waals surface area contributed by atoms with Crippen molar-refractivity contribution in [1.82, 2.24) is 4.98 Å². The quantitative estimate of drug-likeness (QED) is 0.189. The molecule has 0 atom stereocenters. The Morgan fingerprint density at radius 1 is 0.458 bits per heavy atom. The lowest BCUT2D eigenvalue weighted by molar-refractivity contribution is 0.622. The van der Waals surface area contributed by atoms with Gasteiger partial charge in [0.2, 0.25) is 5.89 Å². The normalized spacial score (nSPS) is 11.8. The van der Waals surface area contributed by atoms with Gasteiger partial charge < -0.3 is 13.7 Å². The van der Waals surface area contributed by atoms with Crippen LogP contribution in [0.1, 0.15) is 0 Å². The summed E-state index contributed by atoms with van der Waals surface area (Å²) in [5.74, 6) is 0.605. The molecular formula is C43H26N2O2S. The monoisotopic (exact) mass is 634 g/mol. The third kappa shape index (κ3) is 4.33. The molecule has 0 aliphatic heterocycles. The SMILES string of the molecule is c1ccc(-c2nc3ccc4oc5ccc(-c6ccc(N(c7ccccc7)c7ccc8c(c7)sc7ccccc78)cc6)cc5c4c3o2)cc1. The summed E-state index contributed by atoms with van der Waals surface area (Å²) in [5.41, 5.74) is 9.68.